The van der Waals surface area contributed by atoms with Gasteiger partial charge in [0.15, 0.2) is 0 Å². The summed E-state index contributed by atoms with van der Waals surface area (Å²) in [7, 11) is 0. The van der Waals surface area contributed by atoms with E-state index in [-0.39, 0.29) is 6.10 Å². The van der Waals surface area contributed by atoms with Crippen molar-refractivity contribution in [1.82, 2.24) is 0 Å². The van der Waals surface area contributed by atoms with Crippen LogP contribution in [0.1, 0.15) is 20.8 Å². The molecule has 0 aromatic rings. The maximum absolute atomic E-state index is 4.76. The lowest BCUT2D eigenvalue weighted by molar-refractivity contribution is -0.219. The predicted molar refractivity (Wildman–Crippen MR) is 39.7 cm³/mol. The summed E-state index contributed by atoms with van der Waals surface area (Å²) in [6.45, 7) is 5.75. The molecule has 9 heavy (non-hydrogen) atoms. The Hall–Kier alpha value is 0.01000. The molecule has 54 valence electrons. The molecule has 0 saturated heterocycles. The highest BCUT2D eigenvalue weighted by Gasteiger charge is 1.90. The molecule has 0 aliphatic heterocycles. The van der Waals surface area contributed by atoms with Crippen molar-refractivity contribution >= 4 is 12.0 Å². The molecule has 0 spiro atoms. The first-order chi connectivity index (χ1) is 4.27. The summed E-state index contributed by atoms with van der Waals surface area (Å²) < 4.78 is 4.67. The van der Waals surface area contributed by atoms with Gasteiger partial charge >= 0.3 is 0 Å². The van der Waals surface area contributed by atoms with Crippen molar-refractivity contribution in [2.45, 2.75) is 26.9 Å². The molecule has 0 N–H and O–H groups in total. The van der Waals surface area contributed by atoms with Gasteiger partial charge in [0.25, 0.3) is 0 Å². The topological polar surface area (TPSA) is 18.5 Å². The summed E-state index contributed by atoms with van der Waals surface area (Å²) in [4.78, 5) is 4.76. The molecule has 0 aliphatic rings. The van der Waals surface area contributed by atoms with Crippen molar-refractivity contribution in [3.63, 3.8) is 0 Å². The maximum Gasteiger partial charge on any atom is 0.0886 e. The third-order valence-corrected chi connectivity index (χ3v) is 1.00. The fourth-order valence-electron chi connectivity index (χ4n) is 0.179. The van der Waals surface area contributed by atoms with Gasteiger partial charge in [0.1, 0.15) is 0 Å². The zero-order chi connectivity index (χ0) is 7.11. The normalized spacial score (nSPS) is 11.6. The second-order valence-corrected chi connectivity index (χ2v) is 2.38. The van der Waals surface area contributed by atoms with Gasteiger partial charge in [-0.3, -0.25) is 0 Å². The van der Waals surface area contributed by atoms with E-state index in [1.54, 1.807) is 0 Å². The molecule has 0 fully saturated rings. The zero-order valence-corrected chi connectivity index (χ0v) is 6.77. The fraction of sp³-hybridized carbons (Fsp3) is 0.667. The Bertz CT molecular complexity index is 81.1. The highest BCUT2D eigenvalue weighted by Crippen LogP contribution is 2.05. The molecule has 0 atom stereocenters. The van der Waals surface area contributed by atoms with Crippen LogP contribution in [0.5, 0.6) is 0 Å². The average molecular weight is 148 g/mol. The van der Waals surface area contributed by atoms with Gasteiger partial charge < -0.3 is 0 Å². The summed E-state index contributed by atoms with van der Waals surface area (Å²) in [5.74, 6) is 0. The summed E-state index contributed by atoms with van der Waals surface area (Å²) in [5, 5.41) is 1.81. The predicted octanol–water partition coefficient (Wildman–Crippen LogP) is 2.52. The standard InChI is InChI=1S/C6H12O2S/c1-4-5-9-8-7-6(2)3/h4-6H,1-3H3/b5-4+. The minimum absolute atomic E-state index is 0.128. The van der Waals surface area contributed by atoms with Gasteiger partial charge in [-0.05, 0) is 26.2 Å². The molecule has 3 heteroatoms. The molecule has 0 aromatic heterocycles. The Balaban J connectivity index is 2.91. The molecule has 0 aliphatic carbocycles. The minimum Gasteiger partial charge on any atom is -0.221 e. The van der Waals surface area contributed by atoms with Crippen LogP contribution in [-0.4, -0.2) is 6.10 Å². The highest BCUT2D eigenvalue weighted by molar-refractivity contribution is 7.97. The largest absolute Gasteiger partial charge is 0.221 e. The third-order valence-electron chi connectivity index (χ3n) is 0.463. The van der Waals surface area contributed by atoms with Crippen molar-refractivity contribution in [2.75, 3.05) is 0 Å². The van der Waals surface area contributed by atoms with Crippen LogP contribution in [0.4, 0.5) is 0 Å². The van der Waals surface area contributed by atoms with Gasteiger partial charge in [-0.15, -0.1) is 0 Å². The number of rotatable bonds is 4. The number of hydrogen-bond acceptors (Lipinski definition) is 3. The first kappa shape index (κ1) is 9.01. The lowest BCUT2D eigenvalue weighted by Gasteiger charge is -2.01. The first-order valence-corrected chi connectivity index (χ1v) is 3.67. The highest BCUT2D eigenvalue weighted by atomic mass is 32.2. The summed E-state index contributed by atoms with van der Waals surface area (Å²) in [5.41, 5.74) is 0. The van der Waals surface area contributed by atoms with Gasteiger partial charge in [0.05, 0.1) is 18.1 Å². The lowest BCUT2D eigenvalue weighted by atomic mass is 10.5. The van der Waals surface area contributed by atoms with E-state index in [2.05, 4.69) is 4.33 Å². The van der Waals surface area contributed by atoms with Gasteiger partial charge in [0.2, 0.25) is 0 Å². The van der Waals surface area contributed by atoms with Crippen LogP contribution in [0.15, 0.2) is 11.5 Å². The number of hydrogen-bond donors (Lipinski definition) is 0. The van der Waals surface area contributed by atoms with Crippen molar-refractivity contribution in [3.8, 4) is 0 Å². The Morgan fingerprint density at radius 3 is 2.56 bits per heavy atom. The number of allylic oxidation sites excluding steroid dienone is 1. The minimum atomic E-state index is 0.128. The van der Waals surface area contributed by atoms with Crippen LogP contribution >= 0.6 is 12.0 Å². The molecule has 0 unspecified atom stereocenters. The van der Waals surface area contributed by atoms with Gasteiger partial charge in [-0.2, -0.15) is 4.33 Å². The van der Waals surface area contributed by atoms with Crippen molar-refractivity contribution in [3.05, 3.63) is 11.5 Å². The molecule has 0 amide bonds. The zero-order valence-electron chi connectivity index (χ0n) is 5.96. The van der Waals surface area contributed by atoms with E-state index in [0.29, 0.717) is 0 Å². The summed E-state index contributed by atoms with van der Waals surface area (Å²) in [6.07, 6.45) is 2.01. The molecule has 0 radical (unpaired) electrons. The second-order valence-electron chi connectivity index (χ2n) is 1.78. The summed E-state index contributed by atoms with van der Waals surface area (Å²) in [6, 6.07) is 0. The van der Waals surface area contributed by atoms with Crippen molar-refractivity contribution in [1.29, 1.82) is 0 Å². The Kier molecular flexibility index (Phi) is 6.14. The van der Waals surface area contributed by atoms with E-state index in [4.69, 9.17) is 4.89 Å². The van der Waals surface area contributed by atoms with Crippen LogP contribution < -0.4 is 0 Å². The Morgan fingerprint density at radius 2 is 2.11 bits per heavy atom. The average Bonchev–Trinajstić information content (AvgIpc) is 1.80. The molecule has 2 nitrogen and oxygen atoms in total. The smallest absolute Gasteiger partial charge is 0.0886 e. The van der Waals surface area contributed by atoms with E-state index in [0.717, 1.165) is 0 Å². The van der Waals surface area contributed by atoms with Crippen LogP contribution in [0.3, 0.4) is 0 Å². The quantitative estimate of drug-likeness (QED) is 0.264. The van der Waals surface area contributed by atoms with E-state index in [1.807, 2.05) is 32.3 Å². The van der Waals surface area contributed by atoms with E-state index >= 15 is 0 Å². The molecule has 0 aromatic carbocycles. The van der Waals surface area contributed by atoms with Crippen molar-refractivity contribution in [2.24, 2.45) is 0 Å². The first-order valence-electron chi connectivity index (χ1n) is 2.87. The monoisotopic (exact) mass is 148 g/mol. The van der Waals surface area contributed by atoms with Crippen LogP contribution in [0, 0.1) is 0 Å². The third kappa shape index (κ3) is 8.01. The van der Waals surface area contributed by atoms with Crippen LogP contribution in [-0.2, 0) is 9.22 Å². The molecule has 0 saturated carbocycles. The van der Waals surface area contributed by atoms with E-state index in [1.165, 1.54) is 12.0 Å². The maximum atomic E-state index is 4.76. The Morgan fingerprint density at radius 1 is 1.44 bits per heavy atom. The molecular weight excluding hydrogens is 136 g/mol. The molecule has 0 rings (SSSR count). The van der Waals surface area contributed by atoms with Gasteiger partial charge in [-0.25, -0.2) is 4.89 Å². The second kappa shape index (κ2) is 6.13. The fourth-order valence-corrected chi connectivity index (χ4v) is 0.538. The molecular formula is C6H12O2S. The van der Waals surface area contributed by atoms with E-state index in [9.17, 15) is 0 Å². The van der Waals surface area contributed by atoms with Gasteiger partial charge in [-0.1, -0.05) is 6.08 Å². The Labute approximate surface area is 60.4 Å². The van der Waals surface area contributed by atoms with Crippen molar-refractivity contribution < 1.29 is 9.22 Å². The molecule has 0 heterocycles. The SMILES string of the molecule is C/C=C/SOOC(C)C. The lowest BCUT2D eigenvalue weighted by Crippen LogP contribution is -1.98. The van der Waals surface area contributed by atoms with Crippen LogP contribution in [0.2, 0.25) is 0 Å². The van der Waals surface area contributed by atoms with Crippen LogP contribution in [0.25, 0.3) is 0 Å². The summed E-state index contributed by atoms with van der Waals surface area (Å²) >= 11 is 1.18. The van der Waals surface area contributed by atoms with Gasteiger partial charge in [0, 0.05) is 0 Å². The van der Waals surface area contributed by atoms with E-state index < -0.39 is 0 Å². The molecule has 0 bridgehead atoms.